The number of nitrogens with zero attached hydrogens (tertiary/aromatic N) is 2. The van der Waals surface area contributed by atoms with Crippen LogP contribution >= 0.6 is 0 Å². The van der Waals surface area contributed by atoms with Crippen molar-refractivity contribution in [2.45, 2.75) is 46.1 Å². The monoisotopic (exact) mass is 393 g/mol. The standard InChI is InChI=1S/C21H36FN5O/c1-5-27(6-2)14-8-9-17(3)26-21(23-4)25-13-12-24-20(28)16-18-10-7-11-19(22)15-18/h7,10-11,15,17H,5-6,8-9,12-14,16H2,1-4H3,(H,24,28)(H2,23,25,26). The molecule has 0 fully saturated rings. The highest BCUT2D eigenvalue weighted by Crippen LogP contribution is 2.04. The van der Waals surface area contributed by atoms with Gasteiger partial charge in [0.25, 0.3) is 0 Å². The van der Waals surface area contributed by atoms with E-state index in [0.29, 0.717) is 24.7 Å². The van der Waals surface area contributed by atoms with Crippen molar-refractivity contribution in [3.63, 3.8) is 0 Å². The number of carbonyl (C=O) groups excluding carboxylic acids is 1. The van der Waals surface area contributed by atoms with Gasteiger partial charge in [0.1, 0.15) is 5.82 Å². The maximum absolute atomic E-state index is 13.1. The van der Waals surface area contributed by atoms with Crippen molar-refractivity contribution in [1.82, 2.24) is 20.9 Å². The minimum absolute atomic E-state index is 0.125. The molecule has 1 amide bonds. The number of aliphatic imine (C=N–C) groups is 1. The predicted octanol–water partition coefficient (Wildman–Crippen LogP) is 2.16. The summed E-state index contributed by atoms with van der Waals surface area (Å²) in [4.78, 5) is 18.6. The van der Waals surface area contributed by atoms with Gasteiger partial charge in [0.2, 0.25) is 5.91 Å². The van der Waals surface area contributed by atoms with Gasteiger partial charge in [0.15, 0.2) is 5.96 Å². The molecular weight excluding hydrogens is 357 g/mol. The summed E-state index contributed by atoms with van der Waals surface area (Å²) in [6, 6.07) is 6.43. The number of benzene rings is 1. The molecule has 0 aliphatic heterocycles. The van der Waals surface area contributed by atoms with Gasteiger partial charge in [-0.05, 0) is 57.1 Å². The molecule has 0 saturated carbocycles. The largest absolute Gasteiger partial charge is 0.355 e. The fourth-order valence-electron chi connectivity index (χ4n) is 2.94. The van der Waals surface area contributed by atoms with E-state index in [9.17, 15) is 9.18 Å². The first-order valence-electron chi connectivity index (χ1n) is 10.2. The fourth-order valence-corrected chi connectivity index (χ4v) is 2.94. The van der Waals surface area contributed by atoms with Crippen LogP contribution in [0.1, 0.15) is 39.2 Å². The summed E-state index contributed by atoms with van der Waals surface area (Å²) in [6.07, 6.45) is 2.39. The van der Waals surface area contributed by atoms with Crippen LogP contribution in [0.2, 0.25) is 0 Å². The van der Waals surface area contributed by atoms with Crippen LogP contribution < -0.4 is 16.0 Å². The lowest BCUT2D eigenvalue weighted by molar-refractivity contribution is -0.120. The lowest BCUT2D eigenvalue weighted by atomic mass is 10.1. The van der Waals surface area contributed by atoms with Crippen molar-refractivity contribution in [2.75, 3.05) is 39.8 Å². The Hall–Kier alpha value is -2.15. The maximum atomic E-state index is 13.1. The summed E-state index contributed by atoms with van der Waals surface area (Å²) in [6.45, 7) is 10.9. The highest BCUT2D eigenvalue weighted by atomic mass is 19.1. The molecule has 1 rings (SSSR count). The van der Waals surface area contributed by atoms with Crippen molar-refractivity contribution >= 4 is 11.9 Å². The van der Waals surface area contributed by atoms with E-state index in [1.807, 2.05) is 0 Å². The van der Waals surface area contributed by atoms with Crippen LogP contribution in [-0.2, 0) is 11.2 Å². The highest BCUT2D eigenvalue weighted by molar-refractivity contribution is 5.80. The SMILES string of the molecule is CCN(CC)CCCC(C)NC(=NC)NCCNC(=O)Cc1cccc(F)c1. The third kappa shape index (κ3) is 10.3. The van der Waals surface area contributed by atoms with Crippen LogP contribution in [0.25, 0.3) is 0 Å². The van der Waals surface area contributed by atoms with Gasteiger partial charge in [-0.15, -0.1) is 0 Å². The van der Waals surface area contributed by atoms with Gasteiger partial charge in [-0.25, -0.2) is 4.39 Å². The van der Waals surface area contributed by atoms with Crippen LogP contribution in [0.3, 0.4) is 0 Å². The van der Waals surface area contributed by atoms with E-state index in [4.69, 9.17) is 0 Å². The van der Waals surface area contributed by atoms with Crippen LogP contribution in [0.4, 0.5) is 4.39 Å². The molecule has 0 aliphatic rings. The van der Waals surface area contributed by atoms with Gasteiger partial charge in [-0.2, -0.15) is 0 Å². The Morgan fingerprint density at radius 2 is 1.93 bits per heavy atom. The Labute approximate surface area is 169 Å². The van der Waals surface area contributed by atoms with E-state index < -0.39 is 0 Å². The van der Waals surface area contributed by atoms with Crippen LogP contribution in [-0.4, -0.2) is 62.6 Å². The van der Waals surface area contributed by atoms with E-state index in [-0.39, 0.29) is 18.1 Å². The van der Waals surface area contributed by atoms with Gasteiger partial charge < -0.3 is 20.9 Å². The van der Waals surface area contributed by atoms with Crippen molar-refractivity contribution in [3.05, 3.63) is 35.6 Å². The third-order valence-corrected chi connectivity index (χ3v) is 4.61. The van der Waals surface area contributed by atoms with Crippen molar-refractivity contribution < 1.29 is 9.18 Å². The first-order chi connectivity index (χ1) is 13.5. The molecule has 0 spiro atoms. The zero-order valence-electron chi connectivity index (χ0n) is 17.7. The van der Waals surface area contributed by atoms with Crippen LogP contribution in [0.5, 0.6) is 0 Å². The molecule has 0 bridgehead atoms. The number of hydrogen-bond donors (Lipinski definition) is 3. The summed E-state index contributed by atoms with van der Waals surface area (Å²) in [5, 5.41) is 9.41. The Bertz CT molecular complexity index is 604. The third-order valence-electron chi connectivity index (χ3n) is 4.61. The van der Waals surface area contributed by atoms with Crippen molar-refractivity contribution in [1.29, 1.82) is 0 Å². The molecule has 1 aromatic rings. The van der Waals surface area contributed by atoms with Gasteiger partial charge in [0, 0.05) is 26.2 Å². The van der Waals surface area contributed by atoms with Gasteiger partial charge in [-0.3, -0.25) is 9.79 Å². The average Bonchev–Trinajstić information content (AvgIpc) is 2.67. The number of rotatable bonds is 12. The summed E-state index contributed by atoms with van der Waals surface area (Å²) >= 11 is 0. The number of guanidine groups is 1. The topological polar surface area (TPSA) is 68.8 Å². The zero-order valence-corrected chi connectivity index (χ0v) is 17.7. The summed E-state index contributed by atoms with van der Waals surface area (Å²) in [5.74, 6) is 0.280. The molecule has 0 aromatic heterocycles. The summed E-state index contributed by atoms with van der Waals surface area (Å²) < 4.78 is 13.1. The number of amides is 1. The molecule has 1 unspecified atom stereocenters. The molecule has 0 saturated heterocycles. The molecule has 0 heterocycles. The molecular formula is C21H36FN5O. The molecule has 0 aliphatic carbocycles. The summed E-state index contributed by atoms with van der Waals surface area (Å²) in [5.41, 5.74) is 0.668. The molecule has 28 heavy (non-hydrogen) atoms. The lowest BCUT2D eigenvalue weighted by Gasteiger charge is -2.21. The van der Waals surface area contributed by atoms with E-state index in [2.05, 4.69) is 46.6 Å². The number of nitrogens with one attached hydrogen (secondary N) is 3. The fraction of sp³-hybridized carbons (Fsp3) is 0.619. The molecule has 3 N–H and O–H groups in total. The Morgan fingerprint density at radius 3 is 2.57 bits per heavy atom. The summed E-state index contributed by atoms with van der Waals surface area (Å²) in [7, 11) is 1.74. The first kappa shape index (κ1) is 23.9. The van der Waals surface area contributed by atoms with Gasteiger partial charge >= 0.3 is 0 Å². The Kier molecular flexibility index (Phi) is 11.9. The molecule has 7 heteroatoms. The van der Waals surface area contributed by atoms with E-state index in [0.717, 1.165) is 38.4 Å². The lowest BCUT2D eigenvalue weighted by Crippen LogP contribution is -2.45. The second kappa shape index (κ2) is 13.9. The van der Waals surface area contributed by atoms with Crippen LogP contribution in [0.15, 0.2) is 29.3 Å². The highest BCUT2D eigenvalue weighted by Gasteiger charge is 2.07. The molecule has 0 radical (unpaired) electrons. The van der Waals surface area contributed by atoms with E-state index in [1.54, 1.807) is 19.2 Å². The molecule has 158 valence electrons. The van der Waals surface area contributed by atoms with Crippen LogP contribution in [0, 0.1) is 5.82 Å². The van der Waals surface area contributed by atoms with Gasteiger partial charge in [0.05, 0.1) is 6.42 Å². The smallest absolute Gasteiger partial charge is 0.224 e. The molecule has 1 atom stereocenters. The molecule has 6 nitrogen and oxygen atoms in total. The second-order valence-corrected chi connectivity index (χ2v) is 6.87. The predicted molar refractivity (Wildman–Crippen MR) is 114 cm³/mol. The molecule has 1 aromatic carbocycles. The second-order valence-electron chi connectivity index (χ2n) is 6.87. The van der Waals surface area contributed by atoms with E-state index in [1.165, 1.54) is 12.1 Å². The quantitative estimate of drug-likeness (QED) is 0.289. The number of halogens is 1. The normalized spacial score (nSPS) is 12.7. The van der Waals surface area contributed by atoms with Crippen molar-refractivity contribution in [3.8, 4) is 0 Å². The zero-order chi connectivity index (χ0) is 20.8. The Balaban J connectivity index is 2.20. The first-order valence-corrected chi connectivity index (χ1v) is 10.2. The maximum Gasteiger partial charge on any atom is 0.224 e. The minimum Gasteiger partial charge on any atom is -0.355 e. The Morgan fingerprint density at radius 1 is 1.21 bits per heavy atom. The average molecular weight is 394 g/mol. The number of hydrogen-bond acceptors (Lipinski definition) is 3. The number of carbonyl (C=O) groups is 1. The van der Waals surface area contributed by atoms with Crippen molar-refractivity contribution in [2.24, 2.45) is 4.99 Å². The van der Waals surface area contributed by atoms with Gasteiger partial charge in [-0.1, -0.05) is 26.0 Å². The minimum atomic E-state index is -0.326. The van der Waals surface area contributed by atoms with E-state index >= 15 is 0 Å².